The van der Waals surface area contributed by atoms with E-state index in [1.165, 1.54) is 24.3 Å². The summed E-state index contributed by atoms with van der Waals surface area (Å²) >= 11 is 0. The van der Waals surface area contributed by atoms with Crippen LogP contribution in [-0.2, 0) is 34.7 Å². The molecule has 11 heteroatoms. The molecule has 0 aromatic heterocycles. The van der Waals surface area contributed by atoms with Crippen molar-refractivity contribution in [1.82, 2.24) is 10.6 Å². The molecule has 0 saturated carbocycles. The predicted molar refractivity (Wildman–Crippen MR) is 171 cm³/mol. The molecule has 0 radical (unpaired) electrons. The Morgan fingerprint density at radius 1 is 1.05 bits per heavy atom. The summed E-state index contributed by atoms with van der Waals surface area (Å²) < 4.78 is 58.1. The molecule has 1 heterocycles. The average molecular weight is 642 g/mol. The highest BCUT2D eigenvalue weighted by atomic mass is 32.2. The van der Waals surface area contributed by atoms with Crippen molar-refractivity contribution < 1.29 is 32.4 Å². The molecule has 4 rings (SSSR count). The van der Waals surface area contributed by atoms with Gasteiger partial charge in [-0.2, -0.15) is 8.42 Å². The molecule has 44 heavy (non-hydrogen) atoms. The molecule has 8 nitrogen and oxygen atoms in total. The Hall–Kier alpha value is -3.38. The van der Waals surface area contributed by atoms with Gasteiger partial charge in [-0.3, -0.25) is 13.8 Å². The molecule has 1 aliphatic rings. The number of carbonyl (C=O) groups is 2. The number of nitrogens with one attached hydrogen (secondary N) is 2. The van der Waals surface area contributed by atoms with E-state index in [-0.39, 0.29) is 36.9 Å². The van der Waals surface area contributed by atoms with Gasteiger partial charge in [-0.25, -0.2) is 4.39 Å². The van der Waals surface area contributed by atoms with Crippen molar-refractivity contribution in [2.45, 2.75) is 57.2 Å². The number of hydrogen-bond donors (Lipinski definition) is 2. The zero-order chi connectivity index (χ0) is 32.8. The van der Waals surface area contributed by atoms with E-state index in [0.29, 0.717) is 12.0 Å². The van der Waals surface area contributed by atoms with Crippen molar-refractivity contribution in [2.75, 3.05) is 19.4 Å². The van der Waals surface area contributed by atoms with Crippen molar-refractivity contribution in [2.24, 2.45) is 5.92 Å². The van der Waals surface area contributed by atoms with E-state index in [1.54, 1.807) is 0 Å². The van der Waals surface area contributed by atoms with Crippen molar-refractivity contribution in [3.8, 4) is 0 Å². The van der Waals surface area contributed by atoms with Gasteiger partial charge in [-0.15, -0.1) is 0 Å². The molecular weight excluding hydrogens is 600 g/mol. The second kappa shape index (κ2) is 14.1. The molecule has 2 N–H and O–H groups in total. The highest BCUT2D eigenvalue weighted by molar-refractivity contribution is 7.86. The first-order valence-electron chi connectivity index (χ1n) is 15.1. The normalized spacial score (nSPS) is 17.7. The summed E-state index contributed by atoms with van der Waals surface area (Å²) in [6.07, 6.45) is -0.0494. The number of benzene rings is 3. The second-order valence-corrected chi connectivity index (χ2v) is 18.1. The first kappa shape index (κ1) is 32.0. The molecule has 236 valence electrons. The van der Waals surface area contributed by atoms with E-state index in [0.717, 1.165) is 21.9 Å². The lowest BCUT2D eigenvalue weighted by Gasteiger charge is -2.44. The van der Waals surface area contributed by atoms with Crippen LogP contribution in [0.1, 0.15) is 39.2 Å². The van der Waals surface area contributed by atoms with Crippen LogP contribution in [0.3, 0.4) is 0 Å². The predicted octanol–water partition coefficient (Wildman–Crippen LogP) is 3.30. The van der Waals surface area contributed by atoms with Crippen molar-refractivity contribution in [3.63, 3.8) is 0 Å². The van der Waals surface area contributed by atoms with Crippen LogP contribution in [0, 0.1) is 11.7 Å². The molecule has 1 fully saturated rings. The zero-order valence-corrected chi connectivity index (χ0v) is 27.3. The third kappa shape index (κ3) is 8.41. The topological polar surface area (TPSA) is 111 Å². The van der Waals surface area contributed by atoms with Gasteiger partial charge in [-0.05, 0) is 45.9 Å². The van der Waals surface area contributed by atoms with Crippen molar-refractivity contribution in [1.29, 1.82) is 0 Å². The van der Waals surface area contributed by atoms with E-state index < -0.39 is 48.2 Å². The smallest absolute Gasteiger partial charge is 0.265 e. The van der Waals surface area contributed by atoms with Crippen molar-refractivity contribution in [3.05, 3.63) is 96.3 Å². The number of amides is 2. The van der Waals surface area contributed by atoms with Crippen LogP contribution in [0.25, 0.3) is 0 Å². The van der Waals surface area contributed by atoms with Crippen LogP contribution in [0.4, 0.5) is 4.39 Å². The summed E-state index contributed by atoms with van der Waals surface area (Å²) in [4.78, 5) is 26.5. The van der Waals surface area contributed by atoms with Gasteiger partial charge in [0.1, 0.15) is 5.82 Å². The van der Waals surface area contributed by atoms with Gasteiger partial charge in [0.25, 0.3) is 24.3 Å². The largest absolute Gasteiger partial charge is 0.405 e. The van der Waals surface area contributed by atoms with Crippen LogP contribution >= 0.6 is 0 Å². The fourth-order valence-electron chi connectivity index (χ4n) is 5.81. The summed E-state index contributed by atoms with van der Waals surface area (Å²) in [5.41, 5.74) is 0.510. The maximum absolute atomic E-state index is 13.7. The minimum Gasteiger partial charge on any atom is -0.405 e. The third-order valence-corrected chi connectivity index (χ3v) is 13.4. The number of rotatable bonds is 13. The van der Waals surface area contributed by atoms with E-state index in [1.807, 2.05) is 36.4 Å². The minimum absolute atomic E-state index is 0.0307. The SMILES string of the molecule is [2H]N1CC[C@@H](C[C@@H](CO[Si](c2ccccc2)(c2ccccc2)C(C)(C)C)NC(=O)[C@@H](Cc2ccc(F)cc2)OS(C)(=O)=O)C1=O. The van der Waals surface area contributed by atoms with Crippen LogP contribution in [0.15, 0.2) is 84.9 Å². The summed E-state index contributed by atoms with van der Waals surface area (Å²) in [5, 5.41) is 5.58. The molecule has 1 saturated heterocycles. The zero-order valence-electron chi connectivity index (χ0n) is 26.5. The molecule has 3 aromatic carbocycles. The molecule has 0 spiro atoms. The third-order valence-electron chi connectivity index (χ3n) is 7.85. The lowest BCUT2D eigenvalue weighted by molar-refractivity contribution is -0.129. The van der Waals surface area contributed by atoms with E-state index in [2.05, 4.69) is 50.4 Å². The Bertz CT molecular complexity index is 1520. The summed E-state index contributed by atoms with van der Waals surface area (Å²) in [7, 11) is -7.07. The monoisotopic (exact) mass is 641 g/mol. The molecule has 0 bridgehead atoms. The summed E-state index contributed by atoms with van der Waals surface area (Å²) in [5.74, 6) is -2.01. The van der Waals surface area contributed by atoms with Gasteiger partial charge in [0.15, 0.2) is 7.52 Å². The number of halogens is 1. The molecular formula is C33H41FN2O6SSi. The van der Waals surface area contributed by atoms with Crippen LogP contribution in [-0.4, -0.2) is 60.1 Å². The van der Waals surface area contributed by atoms with Gasteiger partial charge in [0.2, 0.25) is 5.91 Å². The Morgan fingerprint density at radius 3 is 2.09 bits per heavy atom. The van der Waals surface area contributed by atoms with E-state index in [4.69, 9.17) is 10.0 Å². The maximum Gasteiger partial charge on any atom is 0.265 e. The molecule has 1 aliphatic heterocycles. The molecule has 0 aliphatic carbocycles. The van der Waals surface area contributed by atoms with Gasteiger partial charge < -0.3 is 15.1 Å². The number of carbonyl (C=O) groups excluding carboxylic acids is 2. The second-order valence-electron chi connectivity index (χ2n) is 12.2. The van der Waals surface area contributed by atoms with Gasteiger partial charge in [0, 0.05) is 18.9 Å². The Labute approximate surface area is 262 Å². The molecule has 3 atom stereocenters. The van der Waals surface area contributed by atoms with Gasteiger partial charge >= 0.3 is 0 Å². The van der Waals surface area contributed by atoms with E-state index in [9.17, 15) is 22.4 Å². The lowest BCUT2D eigenvalue weighted by Crippen LogP contribution is -2.67. The molecule has 0 unspecified atom stereocenters. The first-order valence-corrected chi connectivity index (χ1v) is 18.4. The Kier molecular flexibility index (Phi) is 10.3. The van der Waals surface area contributed by atoms with Crippen LogP contribution in [0.2, 0.25) is 6.45 Å². The fraction of sp³-hybridized carbons (Fsp3) is 0.394. The van der Waals surface area contributed by atoms with Gasteiger partial charge in [-0.1, -0.05) is 93.6 Å². The van der Waals surface area contributed by atoms with E-state index >= 15 is 0 Å². The average Bonchev–Trinajstić information content (AvgIpc) is 3.30. The van der Waals surface area contributed by atoms with Crippen LogP contribution < -0.4 is 21.0 Å². The highest BCUT2D eigenvalue weighted by Gasteiger charge is 2.50. The maximum atomic E-state index is 13.7. The number of hydrogen-bond acceptors (Lipinski definition) is 6. The fourth-order valence-corrected chi connectivity index (χ4v) is 11.0. The highest BCUT2D eigenvalue weighted by Crippen LogP contribution is 2.37. The van der Waals surface area contributed by atoms with Crippen molar-refractivity contribution >= 4 is 40.6 Å². The minimum atomic E-state index is -4.04. The standard InChI is InChI=1S/C33H41FN2O6SSi/c1-33(2,3)44(28-11-7-5-8-12-28,29-13-9-6-10-14-29)41-23-27(22-25-19-20-35-31(25)37)36-32(38)30(42-43(4,39)40)21-24-15-17-26(34)18-16-24/h5-18,25,27,30H,19-23H2,1-4H3,(H,35,37)(H,36,38)/t25-,27-,30+/m0/s1/i/hD. The quantitative estimate of drug-likeness (QED) is 0.219. The molecule has 2 amide bonds. The lowest BCUT2D eigenvalue weighted by atomic mass is 9.98. The van der Waals surface area contributed by atoms with Gasteiger partial charge in [0.05, 0.1) is 18.9 Å². The summed E-state index contributed by atoms with van der Waals surface area (Å²) in [6, 6.07) is 24.6. The summed E-state index contributed by atoms with van der Waals surface area (Å²) in [6.45, 7) is 6.70. The Balaban J connectivity index is 1.69. The Morgan fingerprint density at radius 2 is 1.61 bits per heavy atom. The first-order chi connectivity index (χ1) is 21.2. The van der Waals surface area contributed by atoms with Crippen LogP contribution in [0.5, 0.6) is 0 Å². The molecule has 3 aromatic rings.